The summed E-state index contributed by atoms with van der Waals surface area (Å²) < 4.78 is 0. The zero-order chi connectivity index (χ0) is 12.8. The third-order valence-corrected chi connectivity index (χ3v) is 3.71. The smallest absolute Gasteiger partial charge is 0.0312 e. The second-order valence-corrected chi connectivity index (χ2v) is 5.16. The molecule has 1 atom stereocenters. The Kier molecular flexibility index (Phi) is 5.11. The lowest BCUT2D eigenvalue weighted by atomic mass is 10.1. The van der Waals surface area contributed by atoms with Gasteiger partial charge in [0.15, 0.2) is 0 Å². The van der Waals surface area contributed by atoms with Crippen molar-refractivity contribution in [3.8, 4) is 0 Å². The zero-order valence-electron chi connectivity index (χ0n) is 11.3. The summed E-state index contributed by atoms with van der Waals surface area (Å²) in [4.78, 5) is 9.17. The van der Waals surface area contributed by atoms with E-state index in [-0.39, 0.29) is 0 Å². The van der Waals surface area contributed by atoms with E-state index in [1.54, 1.807) is 0 Å². The molecular weight excluding hydrogens is 224 g/mol. The molecule has 1 aromatic heterocycles. The van der Waals surface area contributed by atoms with Crippen molar-refractivity contribution in [1.29, 1.82) is 0 Å². The van der Waals surface area contributed by atoms with Crippen molar-refractivity contribution >= 4 is 0 Å². The first-order valence-electron chi connectivity index (χ1n) is 6.81. The maximum Gasteiger partial charge on any atom is 0.0312 e. The number of aromatic nitrogens is 1. The van der Waals surface area contributed by atoms with E-state index in [4.69, 9.17) is 5.73 Å². The van der Waals surface area contributed by atoms with E-state index in [0.29, 0.717) is 6.04 Å². The van der Waals surface area contributed by atoms with Crippen LogP contribution in [-0.2, 0) is 6.54 Å². The Morgan fingerprint density at radius 1 is 1.44 bits per heavy atom. The molecule has 18 heavy (non-hydrogen) atoms. The molecular formula is C14H24N4. The molecule has 1 aliphatic rings. The van der Waals surface area contributed by atoms with Crippen LogP contribution in [0.2, 0.25) is 0 Å². The second kappa shape index (κ2) is 6.83. The number of nitrogens with zero attached hydrogens (tertiary/aromatic N) is 3. The van der Waals surface area contributed by atoms with Crippen molar-refractivity contribution in [2.24, 2.45) is 5.73 Å². The molecule has 100 valence electrons. The fraction of sp³-hybridized carbons (Fsp3) is 0.643. The molecule has 2 rings (SSSR count). The summed E-state index contributed by atoms with van der Waals surface area (Å²) in [5.74, 6) is 0. The number of likely N-dealkylation sites (N-methyl/N-ethyl adjacent to an activating group) is 1. The van der Waals surface area contributed by atoms with Crippen molar-refractivity contribution in [3.63, 3.8) is 0 Å². The van der Waals surface area contributed by atoms with Crippen LogP contribution < -0.4 is 5.73 Å². The lowest BCUT2D eigenvalue weighted by Gasteiger charge is -2.28. The van der Waals surface area contributed by atoms with Crippen LogP contribution in [0, 0.1) is 0 Å². The monoisotopic (exact) mass is 248 g/mol. The van der Waals surface area contributed by atoms with Crippen LogP contribution in [0.25, 0.3) is 0 Å². The Balaban J connectivity index is 1.95. The van der Waals surface area contributed by atoms with Gasteiger partial charge in [0.2, 0.25) is 0 Å². The highest BCUT2D eigenvalue weighted by atomic mass is 15.2. The average Bonchev–Trinajstić information content (AvgIpc) is 2.54. The number of hydrogen-bond acceptors (Lipinski definition) is 4. The summed E-state index contributed by atoms with van der Waals surface area (Å²) in [5.41, 5.74) is 7.02. The van der Waals surface area contributed by atoms with Gasteiger partial charge in [0.05, 0.1) is 0 Å². The van der Waals surface area contributed by atoms with E-state index in [1.165, 1.54) is 25.1 Å². The molecule has 4 nitrogen and oxygen atoms in total. The number of nitrogens with two attached hydrogens (primary N) is 1. The Morgan fingerprint density at radius 2 is 2.33 bits per heavy atom. The SMILES string of the molecule is CN1CCCN(Cc2cccnc2)CC1CCN. The predicted octanol–water partition coefficient (Wildman–Crippen LogP) is 0.937. The second-order valence-electron chi connectivity index (χ2n) is 5.16. The largest absolute Gasteiger partial charge is 0.330 e. The lowest BCUT2D eigenvalue weighted by Crippen LogP contribution is -2.40. The summed E-state index contributed by atoms with van der Waals surface area (Å²) in [6.45, 7) is 5.23. The molecule has 2 heterocycles. The number of hydrogen-bond donors (Lipinski definition) is 1. The molecule has 0 aromatic carbocycles. The zero-order valence-corrected chi connectivity index (χ0v) is 11.3. The van der Waals surface area contributed by atoms with Crippen molar-refractivity contribution in [1.82, 2.24) is 14.8 Å². The van der Waals surface area contributed by atoms with Crippen molar-refractivity contribution in [2.45, 2.75) is 25.4 Å². The van der Waals surface area contributed by atoms with Gasteiger partial charge in [-0.1, -0.05) is 6.07 Å². The Hall–Kier alpha value is -0.970. The highest BCUT2D eigenvalue weighted by Crippen LogP contribution is 2.13. The summed E-state index contributed by atoms with van der Waals surface area (Å²) in [5, 5.41) is 0. The normalized spacial score (nSPS) is 22.9. The van der Waals surface area contributed by atoms with Gasteiger partial charge in [0, 0.05) is 31.5 Å². The van der Waals surface area contributed by atoms with E-state index >= 15 is 0 Å². The van der Waals surface area contributed by atoms with Crippen LogP contribution in [0.1, 0.15) is 18.4 Å². The fourth-order valence-electron chi connectivity index (χ4n) is 2.65. The molecule has 1 aliphatic heterocycles. The Bertz CT molecular complexity index is 341. The molecule has 0 bridgehead atoms. The van der Waals surface area contributed by atoms with Crippen LogP contribution >= 0.6 is 0 Å². The van der Waals surface area contributed by atoms with E-state index in [9.17, 15) is 0 Å². The van der Waals surface area contributed by atoms with Crippen LogP contribution in [0.5, 0.6) is 0 Å². The molecule has 1 fully saturated rings. The van der Waals surface area contributed by atoms with Crippen LogP contribution in [-0.4, -0.2) is 54.1 Å². The standard InChI is InChI=1S/C14H24N4/c1-17-8-3-9-18(12-14(17)5-6-15)11-13-4-2-7-16-10-13/h2,4,7,10,14H,3,5-6,8-9,11-12,15H2,1H3. The molecule has 1 unspecified atom stereocenters. The molecule has 2 N–H and O–H groups in total. The van der Waals surface area contributed by atoms with E-state index in [0.717, 1.165) is 26.1 Å². The average molecular weight is 248 g/mol. The molecule has 4 heteroatoms. The third-order valence-electron chi connectivity index (χ3n) is 3.71. The maximum absolute atomic E-state index is 5.72. The van der Waals surface area contributed by atoms with Crippen molar-refractivity contribution < 1.29 is 0 Å². The van der Waals surface area contributed by atoms with Gasteiger partial charge in [0.25, 0.3) is 0 Å². The van der Waals surface area contributed by atoms with Crippen LogP contribution in [0.3, 0.4) is 0 Å². The molecule has 1 aromatic rings. The highest BCUT2D eigenvalue weighted by Gasteiger charge is 2.21. The summed E-state index contributed by atoms with van der Waals surface area (Å²) >= 11 is 0. The van der Waals surface area contributed by atoms with Gasteiger partial charge in [-0.2, -0.15) is 0 Å². The van der Waals surface area contributed by atoms with E-state index in [2.05, 4.69) is 27.9 Å². The maximum atomic E-state index is 5.72. The van der Waals surface area contributed by atoms with Crippen molar-refractivity contribution in [2.75, 3.05) is 33.2 Å². The Morgan fingerprint density at radius 3 is 3.06 bits per heavy atom. The first kappa shape index (κ1) is 13.5. The number of pyridine rings is 1. The topological polar surface area (TPSA) is 45.4 Å². The summed E-state index contributed by atoms with van der Waals surface area (Å²) in [6.07, 6.45) is 6.11. The minimum absolute atomic E-state index is 0.592. The molecule has 0 radical (unpaired) electrons. The van der Waals surface area contributed by atoms with Crippen LogP contribution in [0.4, 0.5) is 0 Å². The molecule has 0 saturated carbocycles. The minimum atomic E-state index is 0.592. The van der Waals surface area contributed by atoms with Gasteiger partial charge in [-0.3, -0.25) is 9.88 Å². The molecule has 1 saturated heterocycles. The highest BCUT2D eigenvalue weighted by molar-refractivity contribution is 5.08. The molecule has 0 aliphatic carbocycles. The molecule has 0 amide bonds. The number of rotatable bonds is 4. The van der Waals surface area contributed by atoms with Gasteiger partial charge in [-0.25, -0.2) is 0 Å². The van der Waals surface area contributed by atoms with Crippen molar-refractivity contribution in [3.05, 3.63) is 30.1 Å². The lowest BCUT2D eigenvalue weighted by molar-refractivity contribution is 0.196. The fourth-order valence-corrected chi connectivity index (χ4v) is 2.65. The first-order chi connectivity index (χ1) is 8.79. The van der Waals surface area contributed by atoms with Gasteiger partial charge < -0.3 is 10.6 Å². The predicted molar refractivity (Wildman–Crippen MR) is 74.2 cm³/mol. The quantitative estimate of drug-likeness (QED) is 0.861. The molecule has 0 spiro atoms. The minimum Gasteiger partial charge on any atom is -0.330 e. The first-order valence-corrected chi connectivity index (χ1v) is 6.81. The summed E-state index contributed by atoms with van der Waals surface area (Å²) in [6, 6.07) is 4.75. The van der Waals surface area contributed by atoms with Crippen LogP contribution in [0.15, 0.2) is 24.5 Å². The van der Waals surface area contributed by atoms with E-state index < -0.39 is 0 Å². The van der Waals surface area contributed by atoms with E-state index in [1.807, 2.05) is 18.5 Å². The third kappa shape index (κ3) is 3.77. The van der Waals surface area contributed by atoms with Gasteiger partial charge in [0.1, 0.15) is 0 Å². The van der Waals surface area contributed by atoms with Gasteiger partial charge >= 0.3 is 0 Å². The van der Waals surface area contributed by atoms with Gasteiger partial charge in [-0.05, 0) is 51.2 Å². The van der Waals surface area contributed by atoms with Gasteiger partial charge in [-0.15, -0.1) is 0 Å². The summed E-state index contributed by atoms with van der Waals surface area (Å²) in [7, 11) is 2.22. The Labute approximate surface area is 110 Å².